The van der Waals surface area contributed by atoms with Crippen LogP contribution in [0, 0.1) is 5.41 Å². The third-order valence-electron chi connectivity index (χ3n) is 4.41. The highest BCUT2D eigenvalue weighted by Crippen LogP contribution is 2.45. The molecule has 1 aromatic rings. The van der Waals surface area contributed by atoms with E-state index in [2.05, 4.69) is 5.10 Å². The average molecular weight is 248 g/mol. The molecule has 5 nitrogen and oxygen atoms in total. The van der Waals surface area contributed by atoms with E-state index in [-0.39, 0.29) is 5.91 Å². The molecule has 0 bridgehead atoms. The summed E-state index contributed by atoms with van der Waals surface area (Å²) in [4.78, 5) is 14.2. The molecule has 18 heavy (non-hydrogen) atoms. The molecular weight excluding hydrogens is 228 g/mol. The van der Waals surface area contributed by atoms with Crippen molar-refractivity contribution in [3.05, 3.63) is 12.4 Å². The van der Waals surface area contributed by atoms with E-state index in [0.717, 1.165) is 13.1 Å². The quantitative estimate of drug-likeness (QED) is 0.857. The summed E-state index contributed by atoms with van der Waals surface area (Å²) in [5.74, 6) is 0.168. The number of nitrogens with zero attached hydrogens (tertiary/aromatic N) is 3. The minimum absolute atomic E-state index is 0.168. The maximum atomic E-state index is 12.2. The minimum atomic E-state index is 0.168. The lowest BCUT2D eigenvalue weighted by Crippen LogP contribution is -2.33. The molecule has 2 N–H and O–H groups in total. The normalized spacial score (nSPS) is 21.9. The van der Waals surface area contributed by atoms with E-state index >= 15 is 0 Å². The van der Waals surface area contributed by atoms with E-state index in [1.165, 1.54) is 32.1 Å². The number of rotatable bonds is 2. The molecule has 1 amide bonds. The molecular formula is C13H20N4O. The van der Waals surface area contributed by atoms with Crippen molar-refractivity contribution in [3.63, 3.8) is 0 Å². The molecule has 0 aromatic carbocycles. The first-order valence-electron chi connectivity index (χ1n) is 6.73. The Labute approximate surface area is 107 Å². The van der Waals surface area contributed by atoms with Gasteiger partial charge in [0.15, 0.2) is 0 Å². The molecule has 1 spiro atoms. The van der Waals surface area contributed by atoms with E-state index in [4.69, 9.17) is 5.73 Å². The number of amides is 1. The first kappa shape index (κ1) is 11.6. The van der Waals surface area contributed by atoms with Gasteiger partial charge in [0.2, 0.25) is 5.91 Å². The van der Waals surface area contributed by atoms with Crippen LogP contribution < -0.4 is 5.73 Å². The number of likely N-dealkylation sites (tertiary alicyclic amines) is 1. The van der Waals surface area contributed by atoms with Gasteiger partial charge in [0.05, 0.1) is 11.9 Å². The van der Waals surface area contributed by atoms with Gasteiger partial charge in [0, 0.05) is 19.3 Å². The van der Waals surface area contributed by atoms with Gasteiger partial charge in [-0.05, 0) is 24.7 Å². The van der Waals surface area contributed by atoms with Crippen LogP contribution in [0.3, 0.4) is 0 Å². The van der Waals surface area contributed by atoms with Gasteiger partial charge < -0.3 is 10.6 Å². The maximum Gasteiger partial charge on any atom is 0.244 e. The zero-order valence-corrected chi connectivity index (χ0v) is 10.6. The van der Waals surface area contributed by atoms with Gasteiger partial charge in [-0.2, -0.15) is 5.10 Å². The molecule has 2 heterocycles. The number of nitrogens with two attached hydrogens (primary N) is 1. The van der Waals surface area contributed by atoms with E-state index in [0.29, 0.717) is 17.6 Å². The largest absolute Gasteiger partial charge is 0.396 e. The van der Waals surface area contributed by atoms with Gasteiger partial charge in [-0.1, -0.05) is 12.8 Å². The first-order chi connectivity index (χ1) is 8.67. The molecule has 2 fully saturated rings. The van der Waals surface area contributed by atoms with Crippen molar-refractivity contribution in [2.24, 2.45) is 5.41 Å². The second-order valence-corrected chi connectivity index (χ2v) is 5.74. The summed E-state index contributed by atoms with van der Waals surface area (Å²) in [6, 6.07) is 0. The van der Waals surface area contributed by atoms with Crippen LogP contribution in [0.2, 0.25) is 0 Å². The Morgan fingerprint density at radius 3 is 2.83 bits per heavy atom. The predicted molar refractivity (Wildman–Crippen MR) is 68.7 cm³/mol. The predicted octanol–water partition coefficient (Wildman–Crippen LogP) is 1.26. The van der Waals surface area contributed by atoms with Crippen molar-refractivity contribution >= 4 is 11.6 Å². The van der Waals surface area contributed by atoms with Gasteiger partial charge in [0.25, 0.3) is 0 Å². The van der Waals surface area contributed by atoms with Crippen LogP contribution in [0.15, 0.2) is 12.4 Å². The van der Waals surface area contributed by atoms with E-state index in [1.807, 2.05) is 4.90 Å². The lowest BCUT2D eigenvalue weighted by molar-refractivity contribution is -0.131. The molecule has 98 valence electrons. The Bertz CT molecular complexity index is 448. The molecule has 3 rings (SSSR count). The number of hydrogen-bond donors (Lipinski definition) is 1. The van der Waals surface area contributed by atoms with Gasteiger partial charge in [0.1, 0.15) is 6.54 Å². The van der Waals surface area contributed by atoms with E-state index in [1.54, 1.807) is 17.1 Å². The van der Waals surface area contributed by atoms with E-state index in [9.17, 15) is 4.79 Å². The van der Waals surface area contributed by atoms with Gasteiger partial charge in [-0.3, -0.25) is 9.48 Å². The number of hydrogen-bond acceptors (Lipinski definition) is 3. The second kappa shape index (κ2) is 4.30. The molecule has 2 aliphatic rings. The van der Waals surface area contributed by atoms with Crippen LogP contribution in [-0.2, 0) is 11.3 Å². The van der Waals surface area contributed by atoms with E-state index < -0.39 is 0 Å². The number of aromatic nitrogens is 2. The summed E-state index contributed by atoms with van der Waals surface area (Å²) in [7, 11) is 0. The third kappa shape index (κ3) is 2.09. The number of nitrogen functional groups attached to an aromatic ring is 1. The van der Waals surface area contributed by atoms with Crippen LogP contribution >= 0.6 is 0 Å². The van der Waals surface area contributed by atoms with Crippen LogP contribution in [0.25, 0.3) is 0 Å². The molecule has 1 aliphatic heterocycles. The van der Waals surface area contributed by atoms with Crippen molar-refractivity contribution in [2.45, 2.75) is 38.6 Å². The van der Waals surface area contributed by atoms with Crippen molar-refractivity contribution in [1.29, 1.82) is 0 Å². The van der Waals surface area contributed by atoms with Crippen molar-refractivity contribution < 1.29 is 4.79 Å². The van der Waals surface area contributed by atoms with Crippen molar-refractivity contribution in [1.82, 2.24) is 14.7 Å². The fourth-order valence-corrected chi connectivity index (χ4v) is 3.39. The standard InChI is InChI=1S/C13H20N4O/c14-11-7-15-17(8-11)9-12(18)16-6-5-13(10-16)3-1-2-4-13/h7-8H,1-6,9-10,14H2. The molecule has 5 heteroatoms. The summed E-state index contributed by atoms with van der Waals surface area (Å²) in [6.07, 6.45) is 9.72. The lowest BCUT2D eigenvalue weighted by atomic mass is 9.86. The molecule has 1 aliphatic carbocycles. The van der Waals surface area contributed by atoms with Crippen molar-refractivity contribution in [3.8, 4) is 0 Å². The van der Waals surface area contributed by atoms with Gasteiger partial charge in [-0.25, -0.2) is 0 Å². The highest BCUT2D eigenvalue weighted by Gasteiger charge is 2.41. The lowest BCUT2D eigenvalue weighted by Gasteiger charge is -2.23. The van der Waals surface area contributed by atoms with Gasteiger partial charge >= 0.3 is 0 Å². The number of carbonyl (C=O) groups is 1. The highest BCUT2D eigenvalue weighted by molar-refractivity contribution is 5.76. The number of carbonyl (C=O) groups excluding carboxylic acids is 1. The summed E-state index contributed by atoms with van der Waals surface area (Å²) in [5, 5.41) is 4.06. The molecule has 0 radical (unpaired) electrons. The van der Waals surface area contributed by atoms with Crippen LogP contribution in [0.4, 0.5) is 5.69 Å². The number of anilines is 1. The van der Waals surface area contributed by atoms with Crippen LogP contribution in [0.1, 0.15) is 32.1 Å². The summed E-state index contributed by atoms with van der Waals surface area (Å²) in [5.41, 5.74) is 6.65. The zero-order valence-electron chi connectivity index (χ0n) is 10.6. The highest BCUT2D eigenvalue weighted by atomic mass is 16.2. The Morgan fingerprint density at radius 1 is 1.39 bits per heavy atom. The smallest absolute Gasteiger partial charge is 0.244 e. The topological polar surface area (TPSA) is 64.1 Å². The third-order valence-corrected chi connectivity index (χ3v) is 4.41. The Hall–Kier alpha value is -1.52. The Morgan fingerprint density at radius 2 is 2.17 bits per heavy atom. The SMILES string of the molecule is Nc1cnn(CC(=O)N2CCC3(CCCC3)C2)c1. The molecule has 0 unspecified atom stereocenters. The van der Waals surface area contributed by atoms with Crippen molar-refractivity contribution in [2.75, 3.05) is 18.8 Å². The Kier molecular flexibility index (Phi) is 2.76. The van der Waals surface area contributed by atoms with Crippen LogP contribution in [0.5, 0.6) is 0 Å². The monoisotopic (exact) mass is 248 g/mol. The Balaban J connectivity index is 1.60. The molecule has 1 saturated carbocycles. The van der Waals surface area contributed by atoms with Gasteiger partial charge in [-0.15, -0.1) is 0 Å². The summed E-state index contributed by atoms with van der Waals surface area (Å²) >= 11 is 0. The molecule has 0 atom stereocenters. The zero-order chi connectivity index (χ0) is 12.6. The maximum absolute atomic E-state index is 12.2. The fraction of sp³-hybridized carbons (Fsp3) is 0.692. The molecule has 1 aromatic heterocycles. The second-order valence-electron chi connectivity index (χ2n) is 5.74. The average Bonchev–Trinajstić information content (AvgIpc) is 3.04. The minimum Gasteiger partial charge on any atom is -0.396 e. The first-order valence-corrected chi connectivity index (χ1v) is 6.73. The molecule has 1 saturated heterocycles. The fourth-order valence-electron chi connectivity index (χ4n) is 3.39. The summed E-state index contributed by atoms with van der Waals surface area (Å²) in [6.45, 7) is 2.17. The summed E-state index contributed by atoms with van der Waals surface area (Å²) < 4.78 is 1.62. The van der Waals surface area contributed by atoms with Crippen LogP contribution in [-0.4, -0.2) is 33.7 Å².